The number of nitrogens with zero attached hydrogens (tertiary/aromatic N) is 2. The summed E-state index contributed by atoms with van der Waals surface area (Å²) < 4.78 is 5.36. The second kappa shape index (κ2) is 7.50. The van der Waals surface area contributed by atoms with Crippen molar-refractivity contribution in [2.75, 3.05) is 18.1 Å². The molecule has 1 N–H and O–H groups in total. The number of benzene rings is 1. The van der Waals surface area contributed by atoms with Gasteiger partial charge in [0.2, 0.25) is 11.6 Å². The zero-order valence-electron chi connectivity index (χ0n) is 16.5. The minimum Gasteiger partial charge on any atom is -0.452 e. The largest absolute Gasteiger partial charge is 0.452 e. The summed E-state index contributed by atoms with van der Waals surface area (Å²) in [6.07, 6.45) is 3.65. The van der Waals surface area contributed by atoms with Gasteiger partial charge in [-0.1, -0.05) is 25.5 Å². The van der Waals surface area contributed by atoms with E-state index in [2.05, 4.69) is 5.32 Å². The normalized spacial score (nSPS) is 22.9. The number of unbranched alkanes of at least 4 members (excludes halogenated alkanes) is 1. The van der Waals surface area contributed by atoms with Gasteiger partial charge in [0.25, 0.3) is 11.8 Å². The number of para-hydroxylation sites is 1. The molecule has 1 aromatic rings. The van der Waals surface area contributed by atoms with Crippen LogP contribution in [0.25, 0.3) is 0 Å². The zero-order valence-corrected chi connectivity index (χ0v) is 16.5. The van der Waals surface area contributed by atoms with Crippen LogP contribution >= 0.6 is 0 Å². The van der Waals surface area contributed by atoms with Gasteiger partial charge in [-0.25, -0.2) is 4.79 Å². The van der Waals surface area contributed by atoms with Gasteiger partial charge >= 0.3 is 5.97 Å². The summed E-state index contributed by atoms with van der Waals surface area (Å²) in [5, 5.41) is 2.70. The molecule has 1 aliphatic carbocycles. The summed E-state index contributed by atoms with van der Waals surface area (Å²) in [6.45, 7) is 2.10. The number of nitrogens with one attached hydrogen (secondary N) is 1. The van der Waals surface area contributed by atoms with Gasteiger partial charge in [-0.15, -0.1) is 0 Å². The van der Waals surface area contributed by atoms with Crippen LogP contribution in [0.3, 0.4) is 0 Å². The Balaban J connectivity index is 1.64. The van der Waals surface area contributed by atoms with Crippen LogP contribution < -0.4 is 10.2 Å². The third-order valence-corrected chi connectivity index (χ3v) is 5.73. The zero-order chi connectivity index (χ0) is 20.6. The van der Waals surface area contributed by atoms with Gasteiger partial charge in [-0.2, -0.15) is 0 Å². The van der Waals surface area contributed by atoms with Gasteiger partial charge in [0, 0.05) is 25.4 Å². The molecule has 0 aromatic heterocycles. The standard InChI is InChI=1S/C21H25N3O5/c1-2-3-12-22-17(25)13-29-20(28)21-11-10-18(26)24(21)16-7-5-4-6-15(16)19(27)23(21)14-8-9-14/h4-7,14H,2-3,8-13H2,1H3,(H,22,25)/t21-/m0/s1. The molecule has 2 heterocycles. The number of rotatable bonds is 7. The van der Waals surface area contributed by atoms with E-state index >= 15 is 0 Å². The fourth-order valence-corrected chi connectivity index (χ4v) is 4.21. The van der Waals surface area contributed by atoms with Crippen LogP contribution in [-0.2, 0) is 19.1 Å². The van der Waals surface area contributed by atoms with Crippen LogP contribution in [0.15, 0.2) is 24.3 Å². The topological polar surface area (TPSA) is 96.0 Å². The first-order valence-corrected chi connectivity index (χ1v) is 10.2. The SMILES string of the molecule is CCCCNC(=O)COC(=O)[C@]12CCC(=O)N1c1ccccc1C(=O)N2C1CC1. The van der Waals surface area contributed by atoms with Crippen LogP contribution in [0, 0.1) is 0 Å². The van der Waals surface area contributed by atoms with Gasteiger partial charge in [0.15, 0.2) is 6.61 Å². The fraction of sp³-hybridized carbons (Fsp3) is 0.524. The molecule has 0 radical (unpaired) electrons. The van der Waals surface area contributed by atoms with E-state index in [1.165, 1.54) is 9.80 Å². The average molecular weight is 399 g/mol. The van der Waals surface area contributed by atoms with E-state index in [9.17, 15) is 19.2 Å². The summed E-state index contributed by atoms with van der Waals surface area (Å²) >= 11 is 0. The number of fused-ring (bicyclic) bond motifs is 3. The van der Waals surface area contributed by atoms with E-state index in [1.807, 2.05) is 6.92 Å². The highest BCUT2D eigenvalue weighted by Crippen LogP contribution is 2.49. The Morgan fingerprint density at radius 3 is 2.72 bits per heavy atom. The van der Waals surface area contributed by atoms with Crippen molar-refractivity contribution in [3.63, 3.8) is 0 Å². The molecule has 4 rings (SSSR count). The summed E-state index contributed by atoms with van der Waals surface area (Å²) in [7, 11) is 0. The maximum absolute atomic E-state index is 13.3. The Morgan fingerprint density at radius 1 is 1.24 bits per heavy atom. The molecule has 29 heavy (non-hydrogen) atoms. The lowest BCUT2D eigenvalue weighted by Crippen LogP contribution is -2.69. The molecule has 1 atom stereocenters. The van der Waals surface area contributed by atoms with Crippen LogP contribution in [0.1, 0.15) is 55.8 Å². The van der Waals surface area contributed by atoms with Gasteiger partial charge in [0.1, 0.15) is 0 Å². The average Bonchev–Trinajstić information content (AvgIpc) is 3.49. The minimum absolute atomic E-state index is 0.102. The molecule has 0 bridgehead atoms. The van der Waals surface area contributed by atoms with Crippen molar-refractivity contribution >= 4 is 29.4 Å². The summed E-state index contributed by atoms with van der Waals surface area (Å²) in [5.74, 6) is -1.60. The second-order valence-corrected chi connectivity index (χ2v) is 7.75. The predicted molar refractivity (Wildman–Crippen MR) is 104 cm³/mol. The highest BCUT2D eigenvalue weighted by Gasteiger charge is 2.64. The number of ether oxygens (including phenoxy) is 1. The molecule has 3 amide bonds. The third-order valence-electron chi connectivity index (χ3n) is 5.73. The Morgan fingerprint density at radius 2 is 2.00 bits per heavy atom. The Hall–Kier alpha value is -2.90. The van der Waals surface area contributed by atoms with E-state index < -0.39 is 18.2 Å². The molecule has 3 aliphatic rings. The quantitative estimate of drug-likeness (QED) is 0.555. The third kappa shape index (κ3) is 3.16. The molecule has 154 valence electrons. The smallest absolute Gasteiger partial charge is 0.354 e. The van der Waals surface area contributed by atoms with Crippen molar-refractivity contribution in [3.8, 4) is 0 Å². The van der Waals surface area contributed by atoms with Gasteiger partial charge in [-0.05, 0) is 31.4 Å². The van der Waals surface area contributed by atoms with Crippen molar-refractivity contribution in [3.05, 3.63) is 29.8 Å². The van der Waals surface area contributed by atoms with E-state index in [1.54, 1.807) is 24.3 Å². The number of hydrogen-bond acceptors (Lipinski definition) is 5. The maximum atomic E-state index is 13.3. The minimum atomic E-state index is -1.51. The Kier molecular flexibility index (Phi) is 5.02. The molecule has 1 saturated carbocycles. The molecule has 8 nitrogen and oxygen atoms in total. The number of carbonyl (C=O) groups is 4. The molecule has 2 fully saturated rings. The van der Waals surface area contributed by atoms with Gasteiger partial charge < -0.3 is 15.0 Å². The predicted octanol–water partition coefficient (Wildman–Crippen LogP) is 1.59. The first kappa shape index (κ1) is 19.4. The molecule has 0 unspecified atom stereocenters. The second-order valence-electron chi connectivity index (χ2n) is 7.75. The van der Waals surface area contributed by atoms with Crippen molar-refractivity contribution in [2.24, 2.45) is 0 Å². The number of carbonyl (C=O) groups excluding carboxylic acids is 4. The summed E-state index contributed by atoms with van der Waals surface area (Å²) in [5.41, 5.74) is -0.662. The van der Waals surface area contributed by atoms with E-state index in [-0.39, 0.29) is 36.6 Å². The first-order valence-electron chi connectivity index (χ1n) is 10.2. The van der Waals surface area contributed by atoms with Crippen LogP contribution in [0.4, 0.5) is 5.69 Å². The van der Waals surface area contributed by atoms with E-state index in [0.717, 1.165) is 25.7 Å². The lowest BCUT2D eigenvalue weighted by atomic mass is 9.96. The van der Waals surface area contributed by atoms with Crippen molar-refractivity contribution in [1.82, 2.24) is 10.2 Å². The molecule has 2 aliphatic heterocycles. The number of esters is 1. The Labute approximate surface area is 169 Å². The monoisotopic (exact) mass is 399 g/mol. The Bertz CT molecular complexity index is 866. The van der Waals surface area contributed by atoms with Crippen molar-refractivity contribution in [1.29, 1.82) is 0 Å². The lowest BCUT2D eigenvalue weighted by Gasteiger charge is -2.48. The summed E-state index contributed by atoms with van der Waals surface area (Å²) in [6, 6.07) is 6.74. The lowest BCUT2D eigenvalue weighted by molar-refractivity contribution is -0.160. The molecular weight excluding hydrogens is 374 g/mol. The molecule has 1 aromatic carbocycles. The highest BCUT2D eigenvalue weighted by molar-refractivity contribution is 6.15. The highest BCUT2D eigenvalue weighted by atomic mass is 16.5. The van der Waals surface area contributed by atoms with Crippen LogP contribution in [0.2, 0.25) is 0 Å². The van der Waals surface area contributed by atoms with E-state index in [0.29, 0.717) is 17.8 Å². The summed E-state index contributed by atoms with van der Waals surface area (Å²) in [4.78, 5) is 54.3. The maximum Gasteiger partial charge on any atom is 0.354 e. The van der Waals surface area contributed by atoms with E-state index in [4.69, 9.17) is 4.74 Å². The molecule has 0 spiro atoms. The van der Waals surface area contributed by atoms with Crippen molar-refractivity contribution < 1.29 is 23.9 Å². The number of anilines is 1. The molecule has 1 saturated heterocycles. The van der Waals surface area contributed by atoms with Crippen LogP contribution in [-0.4, -0.2) is 53.4 Å². The number of amides is 3. The first-order chi connectivity index (χ1) is 14.0. The van der Waals surface area contributed by atoms with Gasteiger partial charge in [-0.3, -0.25) is 19.3 Å². The fourth-order valence-electron chi connectivity index (χ4n) is 4.21. The molecular formula is C21H25N3O5. The van der Waals surface area contributed by atoms with Crippen molar-refractivity contribution in [2.45, 2.75) is 57.2 Å². The van der Waals surface area contributed by atoms with Gasteiger partial charge in [0.05, 0.1) is 11.3 Å². The molecule has 8 heteroatoms. The van der Waals surface area contributed by atoms with Crippen LogP contribution in [0.5, 0.6) is 0 Å². The number of hydrogen-bond donors (Lipinski definition) is 1.